The van der Waals surface area contributed by atoms with Gasteiger partial charge in [-0.05, 0) is 48.9 Å². The van der Waals surface area contributed by atoms with Crippen LogP contribution in [0.2, 0.25) is 5.02 Å². The number of hydrogen-bond acceptors (Lipinski definition) is 2. The van der Waals surface area contributed by atoms with Gasteiger partial charge in [0.15, 0.2) is 0 Å². The van der Waals surface area contributed by atoms with Gasteiger partial charge in [0.25, 0.3) is 5.91 Å². The van der Waals surface area contributed by atoms with Gasteiger partial charge in [0, 0.05) is 16.1 Å². The van der Waals surface area contributed by atoms with Crippen molar-refractivity contribution in [2.24, 2.45) is 5.73 Å². The summed E-state index contributed by atoms with van der Waals surface area (Å²) in [7, 11) is 0. The van der Waals surface area contributed by atoms with Crippen LogP contribution in [0.4, 0.5) is 0 Å². The second-order valence-electron chi connectivity index (χ2n) is 4.69. The maximum absolute atomic E-state index is 12.1. The smallest absolute Gasteiger partial charge is 0.251 e. The molecule has 2 rings (SSSR count). The predicted molar refractivity (Wildman–Crippen MR) is 82.3 cm³/mol. The molecule has 2 aromatic rings. The van der Waals surface area contributed by atoms with Crippen LogP contribution in [-0.2, 0) is 0 Å². The number of nitrogens with one attached hydrogen (secondary N) is 1. The molecule has 0 bridgehead atoms. The molecule has 0 aliphatic rings. The summed E-state index contributed by atoms with van der Waals surface area (Å²) in [5, 5.41) is 3.47. The summed E-state index contributed by atoms with van der Waals surface area (Å²) in [5.41, 5.74) is 7.06. The van der Waals surface area contributed by atoms with Gasteiger partial charge in [-0.2, -0.15) is 0 Å². The standard InChI is InChI=1S/C16H15ClN2O2/c1-10(11-2-4-12(5-3-11)15(18)20)19-16(21)13-6-8-14(17)9-7-13/h2-10H,1H3,(H2,18,20)(H,19,21). The Morgan fingerprint density at radius 1 is 1.00 bits per heavy atom. The minimum atomic E-state index is -0.473. The van der Waals surface area contributed by atoms with Crippen LogP contribution in [0.3, 0.4) is 0 Å². The van der Waals surface area contributed by atoms with Gasteiger partial charge in [0.1, 0.15) is 0 Å². The number of hydrogen-bond donors (Lipinski definition) is 2. The van der Waals surface area contributed by atoms with E-state index >= 15 is 0 Å². The second kappa shape index (κ2) is 6.41. The average Bonchev–Trinajstić information content (AvgIpc) is 2.47. The van der Waals surface area contributed by atoms with E-state index in [9.17, 15) is 9.59 Å². The molecule has 4 nitrogen and oxygen atoms in total. The zero-order chi connectivity index (χ0) is 15.4. The van der Waals surface area contributed by atoms with E-state index in [0.29, 0.717) is 16.1 Å². The highest BCUT2D eigenvalue weighted by molar-refractivity contribution is 6.30. The molecule has 3 N–H and O–H groups in total. The topological polar surface area (TPSA) is 72.2 Å². The van der Waals surface area contributed by atoms with Gasteiger partial charge in [-0.3, -0.25) is 9.59 Å². The van der Waals surface area contributed by atoms with Crippen molar-refractivity contribution in [3.63, 3.8) is 0 Å². The lowest BCUT2D eigenvalue weighted by Crippen LogP contribution is -2.26. The van der Waals surface area contributed by atoms with E-state index in [0.717, 1.165) is 5.56 Å². The second-order valence-corrected chi connectivity index (χ2v) is 5.12. The van der Waals surface area contributed by atoms with Gasteiger partial charge in [-0.1, -0.05) is 23.7 Å². The summed E-state index contributed by atoms with van der Waals surface area (Å²) in [5.74, 6) is -0.655. The summed E-state index contributed by atoms with van der Waals surface area (Å²) < 4.78 is 0. The first-order valence-corrected chi connectivity index (χ1v) is 6.81. The lowest BCUT2D eigenvalue weighted by Gasteiger charge is -2.14. The van der Waals surface area contributed by atoms with Crippen molar-refractivity contribution in [3.8, 4) is 0 Å². The largest absolute Gasteiger partial charge is 0.366 e. The van der Waals surface area contributed by atoms with Crippen LogP contribution in [0.15, 0.2) is 48.5 Å². The quantitative estimate of drug-likeness (QED) is 0.911. The molecule has 0 spiro atoms. The molecule has 0 saturated carbocycles. The monoisotopic (exact) mass is 302 g/mol. The zero-order valence-corrected chi connectivity index (χ0v) is 12.2. The SMILES string of the molecule is CC(NC(=O)c1ccc(Cl)cc1)c1ccc(C(N)=O)cc1. The zero-order valence-electron chi connectivity index (χ0n) is 11.5. The lowest BCUT2D eigenvalue weighted by atomic mass is 10.1. The van der Waals surface area contributed by atoms with Gasteiger partial charge >= 0.3 is 0 Å². The number of nitrogens with two attached hydrogens (primary N) is 1. The molecule has 0 heterocycles. The van der Waals surface area contributed by atoms with Crippen molar-refractivity contribution in [1.29, 1.82) is 0 Å². The first kappa shape index (κ1) is 15.1. The highest BCUT2D eigenvalue weighted by Gasteiger charge is 2.11. The number of rotatable bonds is 4. The molecule has 0 saturated heterocycles. The Balaban J connectivity index is 2.06. The fourth-order valence-electron chi connectivity index (χ4n) is 1.90. The first-order chi connectivity index (χ1) is 9.97. The molecule has 1 unspecified atom stereocenters. The summed E-state index contributed by atoms with van der Waals surface area (Å²) in [6.07, 6.45) is 0. The number of halogens is 1. The number of benzene rings is 2. The Labute approximate surface area is 127 Å². The van der Waals surface area contributed by atoms with Crippen molar-refractivity contribution < 1.29 is 9.59 Å². The molecule has 0 aromatic heterocycles. The molecular weight excluding hydrogens is 288 g/mol. The molecular formula is C16H15ClN2O2. The van der Waals surface area contributed by atoms with Gasteiger partial charge < -0.3 is 11.1 Å². The lowest BCUT2D eigenvalue weighted by molar-refractivity contribution is 0.0938. The summed E-state index contributed by atoms with van der Waals surface area (Å²) >= 11 is 5.79. The Kier molecular flexibility index (Phi) is 4.60. The number of carbonyl (C=O) groups excluding carboxylic acids is 2. The van der Waals surface area contributed by atoms with Gasteiger partial charge in [-0.15, -0.1) is 0 Å². The molecule has 5 heteroatoms. The summed E-state index contributed by atoms with van der Waals surface area (Å²) in [6, 6.07) is 13.3. The van der Waals surface area contributed by atoms with E-state index in [2.05, 4.69) is 5.32 Å². The van der Waals surface area contributed by atoms with Gasteiger partial charge in [0.05, 0.1) is 6.04 Å². The van der Waals surface area contributed by atoms with Crippen molar-refractivity contribution in [1.82, 2.24) is 5.32 Å². The van der Waals surface area contributed by atoms with Crippen LogP contribution >= 0.6 is 11.6 Å². The van der Waals surface area contributed by atoms with Crippen molar-refractivity contribution >= 4 is 23.4 Å². The van der Waals surface area contributed by atoms with E-state index in [4.69, 9.17) is 17.3 Å². The van der Waals surface area contributed by atoms with Crippen molar-refractivity contribution in [2.45, 2.75) is 13.0 Å². The highest BCUT2D eigenvalue weighted by atomic mass is 35.5. The molecule has 21 heavy (non-hydrogen) atoms. The van der Waals surface area contributed by atoms with E-state index in [-0.39, 0.29) is 11.9 Å². The van der Waals surface area contributed by atoms with Crippen LogP contribution < -0.4 is 11.1 Å². The van der Waals surface area contributed by atoms with Gasteiger partial charge in [0.2, 0.25) is 5.91 Å². The third kappa shape index (κ3) is 3.83. The van der Waals surface area contributed by atoms with Crippen LogP contribution in [0.25, 0.3) is 0 Å². The van der Waals surface area contributed by atoms with Crippen LogP contribution in [0.5, 0.6) is 0 Å². The number of amides is 2. The molecule has 0 aliphatic carbocycles. The molecule has 108 valence electrons. The Bertz CT molecular complexity index is 651. The Morgan fingerprint density at radius 2 is 1.52 bits per heavy atom. The third-order valence-corrected chi connectivity index (χ3v) is 3.40. The highest BCUT2D eigenvalue weighted by Crippen LogP contribution is 2.15. The van der Waals surface area contributed by atoms with E-state index in [1.54, 1.807) is 48.5 Å². The van der Waals surface area contributed by atoms with E-state index in [1.165, 1.54) is 0 Å². The summed E-state index contributed by atoms with van der Waals surface area (Å²) in [4.78, 5) is 23.1. The van der Waals surface area contributed by atoms with Crippen molar-refractivity contribution in [2.75, 3.05) is 0 Å². The number of primary amides is 1. The fraction of sp³-hybridized carbons (Fsp3) is 0.125. The average molecular weight is 303 g/mol. The van der Waals surface area contributed by atoms with E-state index in [1.807, 2.05) is 6.92 Å². The molecule has 2 amide bonds. The first-order valence-electron chi connectivity index (χ1n) is 6.43. The third-order valence-electron chi connectivity index (χ3n) is 3.15. The summed E-state index contributed by atoms with van der Waals surface area (Å²) in [6.45, 7) is 1.87. The van der Waals surface area contributed by atoms with Crippen LogP contribution in [-0.4, -0.2) is 11.8 Å². The molecule has 2 aromatic carbocycles. The molecule has 1 atom stereocenters. The minimum Gasteiger partial charge on any atom is -0.366 e. The predicted octanol–water partition coefficient (Wildman–Crippen LogP) is 2.93. The van der Waals surface area contributed by atoms with Crippen molar-refractivity contribution in [3.05, 3.63) is 70.2 Å². The molecule has 0 radical (unpaired) electrons. The maximum atomic E-state index is 12.1. The minimum absolute atomic E-state index is 0.182. The molecule has 0 fully saturated rings. The Hall–Kier alpha value is -2.33. The number of carbonyl (C=O) groups is 2. The van der Waals surface area contributed by atoms with E-state index < -0.39 is 5.91 Å². The maximum Gasteiger partial charge on any atom is 0.251 e. The van der Waals surface area contributed by atoms with Crippen LogP contribution in [0.1, 0.15) is 39.2 Å². The fourth-order valence-corrected chi connectivity index (χ4v) is 2.03. The normalized spacial score (nSPS) is 11.7. The Morgan fingerprint density at radius 3 is 2.05 bits per heavy atom. The van der Waals surface area contributed by atoms with Gasteiger partial charge in [-0.25, -0.2) is 0 Å². The molecule has 0 aliphatic heterocycles. The van der Waals surface area contributed by atoms with Crippen LogP contribution in [0, 0.1) is 0 Å².